The van der Waals surface area contributed by atoms with E-state index in [1.54, 1.807) is 11.3 Å². The summed E-state index contributed by atoms with van der Waals surface area (Å²) >= 11 is 1.66. The Kier molecular flexibility index (Phi) is 2.61. The molecule has 1 aliphatic heterocycles. The van der Waals surface area contributed by atoms with Crippen molar-refractivity contribution in [2.45, 2.75) is 6.54 Å². The van der Waals surface area contributed by atoms with E-state index in [2.05, 4.69) is 16.0 Å². The molecule has 70 valence electrons. The van der Waals surface area contributed by atoms with Crippen molar-refractivity contribution < 1.29 is 4.79 Å². The molecule has 1 saturated heterocycles. The first-order valence-electron chi connectivity index (χ1n) is 4.36. The zero-order valence-corrected chi connectivity index (χ0v) is 8.06. The van der Waals surface area contributed by atoms with Crippen molar-refractivity contribution in [2.75, 3.05) is 13.1 Å². The lowest BCUT2D eigenvalue weighted by atomic mass is 10.0. The minimum atomic E-state index is 0.171. The minimum Gasteiger partial charge on any atom is -0.352 e. The maximum absolute atomic E-state index is 11.4. The zero-order chi connectivity index (χ0) is 9.10. The summed E-state index contributed by atoms with van der Waals surface area (Å²) in [6, 6.07) is 2.03. The van der Waals surface area contributed by atoms with E-state index in [0.29, 0.717) is 6.54 Å². The molecule has 0 saturated carbocycles. The number of amides is 1. The summed E-state index contributed by atoms with van der Waals surface area (Å²) < 4.78 is 0. The van der Waals surface area contributed by atoms with Crippen molar-refractivity contribution in [1.82, 2.24) is 10.6 Å². The fourth-order valence-electron chi connectivity index (χ4n) is 1.20. The van der Waals surface area contributed by atoms with Gasteiger partial charge in [-0.05, 0) is 22.4 Å². The molecule has 1 fully saturated rings. The number of nitrogens with one attached hydrogen (secondary N) is 2. The molecule has 1 amide bonds. The molecule has 0 aliphatic carbocycles. The van der Waals surface area contributed by atoms with Gasteiger partial charge in [-0.15, -0.1) is 0 Å². The molecule has 0 bridgehead atoms. The van der Waals surface area contributed by atoms with Gasteiger partial charge in [0, 0.05) is 19.6 Å². The third-order valence-corrected chi connectivity index (χ3v) is 2.93. The molecule has 0 unspecified atom stereocenters. The van der Waals surface area contributed by atoms with E-state index in [9.17, 15) is 4.79 Å². The van der Waals surface area contributed by atoms with Gasteiger partial charge in [-0.25, -0.2) is 0 Å². The molecule has 3 nitrogen and oxygen atoms in total. The van der Waals surface area contributed by atoms with Crippen molar-refractivity contribution in [1.29, 1.82) is 0 Å². The van der Waals surface area contributed by atoms with Crippen LogP contribution in [0.3, 0.4) is 0 Å². The van der Waals surface area contributed by atoms with Crippen LogP contribution in [0.5, 0.6) is 0 Å². The van der Waals surface area contributed by atoms with Crippen LogP contribution in [0, 0.1) is 5.92 Å². The molecule has 0 spiro atoms. The maximum atomic E-state index is 11.4. The summed E-state index contributed by atoms with van der Waals surface area (Å²) in [5, 5.41) is 10.1. The van der Waals surface area contributed by atoms with Crippen molar-refractivity contribution in [2.24, 2.45) is 5.92 Å². The lowest BCUT2D eigenvalue weighted by Crippen LogP contribution is -2.50. The lowest BCUT2D eigenvalue weighted by Gasteiger charge is -2.25. The molecule has 2 rings (SSSR count). The fraction of sp³-hybridized carbons (Fsp3) is 0.444. The average Bonchev–Trinajstić information content (AvgIpc) is 2.49. The highest BCUT2D eigenvalue weighted by Crippen LogP contribution is 2.06. The fourth-order valence-corrected chi connectivity index (χ4v) is 1.87. The van der Waals surface area contributed by atoms with Gasteiger partial charge >= 0.3 is 0 Å². The third-order valence-electron chi connectivity index (χ3n) is 2.20. The van der Waals surface area contributed by atoms with Crippen LogP contribution in [-0.2, 0) is 11.3 Å². The number of carbonyl (C=O) groups excluding carboxylic acids is 1. The van der Waals surface area contributed by atoms with Gasteiger partial charge in [0.05, 0.1) is 5.92 Å². The standard InChI is InChI=1S/C9H12N2OS/c12-9(8-4-10-5-8)11-3-7-1-2-13-6-7/h1-2,6,8,10H,3-5H2,(H,11,12). The van der Waals surface area contributed by atoms with E-state index >= 15 is 0 Å². The Bertz CT molecular complexity index is 280. The van der Waals surface area contributed by atoms with Gasteiger partial charge in [-0.3, -0.25) is 4.79 Å². The van der Waals surface area contributed by atoms with Crippen molar-refractivity contribution in [3.8, 4) is 0 Å². The van der Waals surface area contributed by atoms with Gasteiger partial charge in [-0.1, -0.05) is 0 Å². The molecule has 2 heterocycles. The van der Waals surface area contributed by atoms with Crippen LogP contribution in [0.15, 0.2) is 16.8 Å². The maximum Gasteiger partial charge on any atom is 0.225 e. The second kappa shape index (κ2) is 3.89. The summed E-state index contributed by atoms with van der Waals surface area (Å²) in [5.74, 6) is 0.364. The van der Waals surface area contributed by atoms with E-state index in [1.807, 2.05) is 11.4 Å². The Morgan fingerprint density at radius 3 is 3.08 bits per heavy atom. The Labute approximate surface area is 81.2 Å². The smallest absolute Gasteiger partial charge is 0.225 e. The predicted octanol–water partition coefficient (Wildman–Crippen LogP) is 0.584. The number of hydrogen-bond donors (Lipinski definition) is 2. The normalized spacial score (nSPS) is 16.6. The topological polar surface area (TPSA) is 41.1 Å². The van der Waals surface area contributed by atoms with Gasteiger partial charge in [0.2, 0.25) is 5.91 Å². The van der Waals surface area contributed by atoms with E-state index in [-0.39, 0.29) is 11.8 Å². The van der Waals surface area contributed by atoms with Crippen LogP contribution in [0.1, 0.15) is 5.56 Å². The highest BCUT2D eigenvalue weighted by molar-refractivity contribution is 7.07. The third kappa shape index (κ3) is 2.08. The van der Waals surface area contributed by atoms with E-state index in [1.165, 1.54) is 5.56 Å². The summed E-state index contributed by atoms with van der Waals surface area (Å²) in [7, 11) is 0. The van der Waals surface area contributed by atoms with Gasteiger partial charge in [-0.2, -0.15) is 11.3 Å². The van der Waals surface area contributed by atoms with Crippen LogP contribution >= 0.6 is 11.3 Å². The number of carbonyl (C=O) groups is 1. The molecule has 0 aromatic carbocycles. The number of rotatable bonds is 3. The van der Waals surface area contributed by atoms with Gasteiger partial charge in [0.15, 0.2) is 0 Å². The van der Waals surface area contributed by atoms with Crippen LogP contribution in [0.25, 0.3) is 0 Å². The number of thiophene rings is 1. The highest BCUT2D eigenvalue weighted by atomic mass is 32.1. The van der Waals surface area contributed by atoms with Gasteiger partial charge < -0.3 is 10.6 Å². The Morgan fingerprint density at radius 1 is 1.69 bits per heavy atom. The second-order valence-corrected chi connectivity index (χ2v) is 3.98. The van der Waals surface area contributed by atoms with E-state index in [4.69, 9.17) is 0 Å². The molecule has 4 heteroatoms. The van der Waals surface area contributed by atoms with Crippen LogP contribution in [-0.4, -0.2) is 19.0 Å². The minimum absolute atomic E-state index is 0.171. The molecular weight excluding hydrogens is 184 g/mol. The SMILES string of the molecule is O=C(NCc1ccsc1)C1CNC1. The summed E-state index contributed by atoms with van der Waals surface area (Å²) in [4.78, 5) is 11.4. The van der Waals surface area contributed by atoms with Gasteiger partial charge in [0.1, 0.15) is 0 Å². The Hall–Kier alpha value is -0.870. The number of hydrogen-bond acceptors (Lipinski definition) is 3. The van der Waals surface area contributed by atoms with Gasteiger partial charge in [0.25, 0.3) is 0 Å². The Balaban J connectivity index is 1.76. The highest BCUT2D eigenvalue weighted by Gasteiger charge is 2.24. The molecule has 1 aliphatic rings. The predicted molar refractivity (Wildman–Crippen MR) is 52.5 cm³/mol. The van der Waals surface area contributed by atoms with Crippen molar-refractivity contribution in [3.05, 3.63) is 22.4 Å². The zero-order valence-electron chi connectivity index (χ0n) is 7.25. The first-order chi connectivity index (χ1) is 6.36. The Morgan fingerprint density at radius 2 is 2.54 bits per heavy atom. The van der Waals surface area contributed by atoms with Crippen molar-refractivity contribution in [3.63, 3.8) is 0 Å². The van der Waals surface area contributed by atoms with E-state index in [0.717, 1.165) is 13.1 Å². The first kappa shape index (κ1) is 8.72. The second-order valence-electron chi connectivity index (χ2n) is 3.20. The monoisotopic (exact) mass is 196 g/mol. The lowest BCUT2D eigenvalue weighted by molar-refractivity contribution is -0.126. The van der Waals surface area contributed by atoms with Crippen LogP contribution in [0.2, 0.25) is 0 Å². The summed E-state index contributed by atoms with van der Waals surface area (Å²) in [6.07, 6.45) is 0. The summed E-state index contributed by atoms with van der Waals surface area (Å²) in [6.45, 7) is 2.32. The molecular formula is C9H12N2OS. The van der Waals surface area contributed by atoms with Crippen molar-refractivity contribution >= 4 is 17.2 Å². The molecule has 1 aromatic heterocycles. The van der Waals surface area contributed by atoms with Crippen LogP contribution < -0.4 is 10.6 Å². The van der Waals surface area contributed by atoms with E-state index < -0.39 is 0 Å². The molecule has 13 heavy (non-hydrogen) atoms. The quantitative estimate of drug-likeness (QED) is 0.742. The molecule has 0 atom stereocenters. The first-order valence-corrected chi connectivity index (χ1v) is 5.30. The molecule has 1 aromatic rings. The molecule has 0 radical (unpaired) electrons. The van der Waals surface area contributed by atoms with Crippen LogP contribution in [0.4, 0.5) is 0 Å². The average molecular weight is 196 g/mol. The largest absolute Gasteiger partial charge is 0.352 e. The summed E-state index contributed by atoms with van der Waals surface area (Å²) in [5.41, 5.74) is 1.19. The molecule has 2 N–H and O–H groups in total.